The van der Waals surface area contributed by atoms with Crippen LogP contribution in [0.4, 0.5) is 5.69 Å². The molecule has 0 radical (unpaired) electrons. The lowest BCUT2D eigenvalue weighted by Gasteiger charge is -2.03. The molecule has 0 aliphatic carbocycles. The summed E-state index contributed by atoms with van der Waals surface area (Å²) in [6.07, 6.45) is 1.86. The largest absolute Gasteiger partial charge is 0.495 e. The van der Waals surface area contributed by atoms with Crippen LogP contribution in [0.5, 0.6) is 5.75 Å². The zero-order valence-electron chi connectivity index (χ0n) is 6.79. The number of hydrogen-bond acceptors (Lipinski definition) is 2. The van der Waals surface area contributed by atoms with Crippen molar-refractivity contribution in [1.82, 2.24) is 4.98 Å². The minimum Gasteiger partial charge on any atom is -0.495 e. The van der Waals surface area contributed by atoms with Crippen molar-refractivity contribution in [3.8, 4) is 5.75 Å². The standard InChI is InChI=1S/C9H10N2O/c1-12-8-3-2-7-6(9(8)10)4-5-11-7/h2-5,11H,10H2,1H3. The number of methoxy groups -OCH3 is 1. The molecule has 0 aliphatic heterocycles. The molecule has 1 aromatic heterocycles. The molecule has 0 fully saturated rings. The van der Waals surface area contributed by atoms with Crippen LogP contribution in [0.3, 0.4) is 0 Å². The zero-order chi connectivity index (χ0) is 8.55. The van der Waals surface area contributed by atoms with Gasteiger partial charge in [0.2, 0.25) is 0 Å². The number of anilines is 1. The van der Waals surface area contributed by atoms with Gasteiger partial charge in [0, 0.05) is 17.1 Å². The van der Waals surface area contributed by atoms with Gasteiger partial charge in [-0.25, -0.2) is 0 Å². The summed E-state index contributed by atoms with van der Waals surface area (Å²) < 4.78 is 5.08. The Morgan fingerprint density at radius 1 is 1.33 bits per heavy atom. The first kappa shape index (κ1) is 7.03. The second-order valence-corrected chi connectivity index (χ2v) is 2.62. The van der Waals surface area contributed by atoms with Gasteiger partial charge in [-0.2, -0.15) is 0 Å². The van der Waals surface area contributed by atoms with Crippen molar-refractivity contribution in [3.63, 3.8) is 0 Å². The van der Waals surface area contributed by atoms with Crippen LogP contribution in [0.25, 0.3) is 10.9 Å². The SMILES string of the molecule is COc1ccc2[nH]ccc2c1N. The molecule has 0 saturated heterocycles. The van der Waals surface area contributed by atoms with Gasteiger partial charge < -0.3 is 15.5 Å². The van der Waals surface area contributed by atoms with E-state index in [1.165, 1.54) is 0 Å². The Balaban J connectivity index is 2.78. The molecule has 0 atom stereocenters. The molecule has 0 spiro atoms. The first-order valence-corrected chi connectivity index (χ1v) is 3.72. The number of H-pyrrole nitrogens is 1. The lowest BCUT2D eigenvalue weighted by molar-refractivity contribution is 0.417. The lowest BCUT2D eigenvalue weighted by Crippen LogP contribution is -1.91. The molecule has 1 aromatic carbocycles. The van der Waals surface area contributed by atoms with Crippen LogP contribution in [0.1, 0.15) is 0 Å². The van der Waals surface area contributed by atoms with Gasteiger partial charge in [0.25, 0.3) is 0 Å². The van der Waals surface area contributed by atoms with E-state index in [1.54, 1.807) is 7.11 Å². The van der Waals surface area contributed by atoms with E-state index in [9.17, 15) is 0 Å². The number of hydrogen-bond donors (Lipinski definition) is 2. The fourth-order valence-corrected chi connectivity index (χ4v) is 1.31. The summed E-state index contributed by atoms with van der Waals surface area (Å²) in [5.74, 6) is 0.724. The van der Waals surface area contributed by atoms with Gasteiger partial charge in [-0.1, -0.05) is 0 Å². The maximum atomic E-state index is 5.83. The van der Waals surface area contributed by atoms with E-state index < -0.39 is 0 Å². The van der Waals surface area contributed by atoms with E-state index in [2.05, 4.69) is 4.98 Å². The van der Waals surface area contributed by atoms with Crippen molar-refractivity contribution in [2.45, 2.75) is 0 Å². The predicted molar refractivity (Wildman–Crippen MR) is 49.3 cm³/mol. The molecular weight excluding hydrogens is 152 g/mol. The number of aromatic amines is 1. The van der Waals surface area contributed by atoms with Gasteiger partial charge in [0.05, 0.1) is 12.8 Å². The van der Waals surface area contributed by atoms with E-state index in [-0.39, 0.29) is 0 Å². The third kappa shape index (κ3) is 0.830. The van der Waals surface area contributed by atoms with Crippen LogP contribution in [0.15, 0.2) is 24.4 Å². The lowest BCUT2D eigenvalue weighted by atomic mass is 10.2. The normalized spacial score (nSPS) is 10.4. The molecule has 3 heteroatoms. The molecule has 0 aliphatic rings. The molecule has 2 aromatic rings. The van der Waals surface area contributed by atoms with E-state index in [4.69, 9.17) is 10.5 Å². The number of nitrogens with one attached hydrogen (secondary N) is 1. The summed E-state index contributed by atoms with van der Waals surface area (Å²) >= 11 is 0. The number of nitrogens with two attached hydrogens (primary N) is 1. The number of fused-ring (bicyclic) bond motifs is 1. The molecule has 0 amide bonds. The van der Waals surface area contributed by atoms with Crippen molar-refractivity contribution in [2.75, 3.05) is 12.8 Å². The Morgan fingerprint density at radius 3 is 2.92 bits per heavy atom. The van der Waals surface area contributed by atoms with Crippen molar-refractivity contribution in [2.24, 2.45) is 0 Å². The summed E-state index contributed by atoms with van der Waals surface area (Å²) in [6.45, 7) is 0. The topological polar surface area (TPSA) is 51.0 Å². The average Bonchev–Trinajstić information content (AvgIpc) is 2.53. The first-order chi connectivity index (χ1) is 5.83. The first-order valence-electron chi connectivity index (χ1n) is 3.72. The molecule has 62 valence electrons. The molecular formula is C9H10N2O. The van der Waals surface area contributed by atoms with Crippen LogP contribution in [0.2, 0.25) is 0 Å². The number of rotatable bonds is 1. The van der Waals surface area contributed by atoms with Crippen LogP contribution in [0, 0.1) is 0 Å². The van der Waals surface area contributed by atoms with Gasteiger partial charge in [0.15, 0.2) is 0 Å². The highest BCUT2D eigenvalue weighted by atomic mass is 16.5. The van der Waals surface area contributed by atoms with E-state index in [1.807, 2.05) is 24.4 Å². The second kappa shape index (κ2) is 2.44. The fraction of sp³-hybridized carbons (Fsp3) is 0.111. The molecule has 2 rings (SSSR count). The van der Waals surface area contributed by atoms with Crippen molar-refractivity contribution in [3.05, 3.63) is 24.4 Å². The minimum atomic E-state index is 0.691. The third-order valence-electron chi connectivity index (χ3n) is 1.96. The maximum Gasteiger partial charge on any atom is 0.142 e. The van der Waals surface area contributed by atoms with E-state index in [0.29, 0.717) is 5.69 Å². The minimum absolute atomic E-state index is 0.691. The number of aromatic nitrogens is 1. The van der Waals surface area contributed by atoms with Crippen molar-refractivity contribution >= 4 is 16.6 Å². The Labute approximate surface area is 70.1 Å². The molecule has 3 nitrogen and oxygen atoms in total. The second-order valence-electron chi connectivity index (χ2n) is 2.62. The Morgan fingerprint density at radius 2 is 2.17 bits per heavy atom. The van der Waals surface area contributed by atoms with Gasteiger partial charge >= 0.3 is 0 Å². The van der Waals surface area contributed by atoms with Gasteiger partial charge in [-0.05, 0) is 18.2 Å². The molecule has 3 N–H and O–H groups in total. The maximum absolute atomic E-state index is 5.83. The van der Waals surface area contributed by atoms with Crippen LogP contribution >= 0.6 is 0 Å². The molecule has 0 saturated carbocycles. The monoisotopic (exact) mass is 162 g/mol. The van der Waals surface area contributed by atoms with Crippen molar-refractivity contribution in [1.29, 1.82) is 0 Å². The van der Waals surface area contributed by atoms with Gasteiger partial charge in [-0.3, -0.25) is 0 Å². The Kier molecular flexibility index (Phi) is 1.43. The Hall–Kier alpha value is -1.64. The van der Waals surface area contributed by atoms with Crippen molar-refractivity contribution < 1.29 is 4.74 Å². The highest BCUT2D eigenvalue weighted by molar-refractivity contribution is 5.93. The highest BCUT2D eigenvalue weighted by Gasteiger charge is 2.03. The summed E-state index contributed by atoms with van der Waals surface area (Å²) in [5, 5.41) is 1.01. The summed E-state index contributed by atoms with van der Waals surface area (Å²) in [7, 11) is 1.62. The molecule has 12 heavy (non-hydrogen) atoms. The van der Waals surface area contributed by atoms with Crippen LogP contribution in [-0.2, 0) is 0 Å². The average molecular weight is 162 g/mol. The van der Waals surface area contributed by atoms with Crippen LogP contribution in [-0.4, -0.2) is 12.1 Å². The molecule has 0 unspecified atom stereocenters. The number of benzene rings is 1. The van der Waals surface area contributed by atoms with Crippen LogP contribution < -0.4 is 10.5 Å². The summed E-state index contributed by atoms with van der Waals surface area (Å²) in [5.41, 5.74) is 7.56. The highest BCUT2D eigenvalue weighted by Crippen LogP contribution is 2.29. The number of nitrogen functional groups attached to an aromatic ring is 1. The quantitative estimate of drug-likeness (QED) is 0.628. The molecule has 1 heterocycles. The van der Waals surface area contributed by atoms with E-state index >= 15 is 0 Å². The van der Waals surface area contributed by atoms with Gasteiger partial charge in [0.1, 0.15) is 5.75 Å². The third-order valence-corrected chi connectivity index (χ3v) is 1.96. The predicted octanol–water partition coefficient (Wildman–Crippen LogP) is 1.76. The summed E-state index contributed by atoms with van der Waals surface area (Å²) in [4.78, 5) is 3.08. The smallest absolute Gasteiger partial charge is 0.142 e. The fourth-order valence-electron chi connectivity index (χ4n) is 1.31. The zero-order valence-corrected chi connectivity index (χ0v) is 6.79. The summed E-state index contributed by atoms with van der Waals surface area (Å²) in [6, 6.07) is 5.74. The van der Waals surface area contributed by atoms with Gasteiger partial charge in [-0.15, -0.1) is 0 Å². The van der Waals surface area contributed by atoms with E-state index in [0.717, 1.165) is 16.7 Å². The molecule has 0 bridgehead atoms. The Bertz CT molecular complexity index is 406. The number of ether oxygens (including phenoxy) is 1.